The monoisotopic (exact) mass is 399 g/mol. The molecule has 0 spiro atoms. The molecule has 0 unspecified atom stereocenters. The molecule has 0 aliphatic heterocycles. The molecular formula is C20H25N5O4. The number of carbonyl (C=O) groups is 2. The Morgan fingerprint density at radius 2 is 1.90 bits per heavy atom. The van der Waals surface area contributed by atoms with Crippen LogP contribution in [0.1, 0.15) is 45.0 Å². The van der Waals surface area contributed by atoms with Crippen LogP contribution in [0.25, 0.3) is 16.8 Å². The Kier molecular flexibility index (Phi) is 5.08. The number of carboxylic acid groups (broad SMARTS) is 1. The van der Waals surface area contributed by atoms with Crippen LogP contribution in [-0.2, 0) is 11.3 Å². The predicted octanol–water partition coefficient (Wildman–Crippen LogP) is 3.20. The van der Waals surface area contributed by atoms with Crippen molar-refractivity contribution < 1.29 is 19.4 Å². The van der Waals surface area contributed by atoms with E-state index in [-0.39, 0.29) is 5.56 Å². The molecule has 0 aromatic carbocycles. The van der Waals surface area contributed by atoms with E-state index in [0.717, 1.165) is 5.56 Å². The second-order valence-electron chi connectivity index (χ2n) is 8.52. The number of aromatic carboxylic acids is 1. The number of aromatic nitrogens is 4. The van der Waals surface area contributed by atoms with Crippen molar-refractivity contribution in [2.24, 2.45) is 0 Å². The molecule has 1 amide bonds. The number of ether oxygens (including phenoxy) is 1. The van der Waals surface area contributed by atoms with Crippen molar-refractivity contribution in [3.8, 4) is 11.3 Å². The molecule has 3 aromatic rings. The second-order valence-corrected chi connectivity index (χ2v) is 8.52. The lowest BCUT2D eigenvalue weighted by molar-refractivity contribution is 0.0461. The number of hydrogen-bond donors (Lipinski definition) is 2. The van der Waals surface area contributed by atoms with Crippen LogP contribution in [0.4, 0.5) is 4.79 Å². The van der Waals surface area contributed by atoms with Gasteiger partial charge in [0, 0.05) is 18.0 Å². The van der Waals surface area contributed by atoms with Crippen LogP contribution in [0.2, 0.25) is 0 Å². The van der Waals surface area contributed by atoms with Gasteiger partial charge in [-0.2, -0.15) is 10.2 Å². The second kappa shape index (κ2) is 7.23. The quantitative estimate of drug-likeness (QED) is 0.682. The summed E-state index contributed by atoms with van der Waals surface area (Å²) in [6.45, 7) is 9.67. The smallest absolute Gasteiger partial charge is 0.408 e. The van der Waals surface area contributed by atoms with E-state index in [9.17, 15) is 14.7 Å². The van der Waals surface area contributed by atoms with Crippen LogP contribution in [0.5, 0.6) is 0 Å². The predicted molar refractivity (Wildman–Crippen MR) is 107 cm³/mol. The first-order chi connectivity index (χ1) is 13.4. The Bertz CT molecular complexity index is 1060. The highest BCUT2D eigenvalue weighted by Gasteiger charge is 2.25. The summed E-state index contributed by atoms with van der Waals surface area (Å²) < 4.78 is 8.57. The van der Waals surface area contributed by atoms with Crippen molar-refractivity contribution >= 4 is 17.6 Å². The number of carbonyl (C=O) groups excluding carboxylic acids is 1. The molecule has 0 atom stereocenters. The number of nitrogens with one attached hydrogen (secondary N) is 1. The normalized spacial score (nSPS) is 12.2. The van der Waals surface area contributed by atoms with Crippen LogP contribution in [0, 0.1) is 0 Å². The first kappa shape index (κ1) is 20.4. The van der Waals surface area contributed by atoms with Gasteiger partial charge >= 0.3 is 12.1 Å². The Labute approximate surface area is 168 Å². The van der Waals surface area contributed by atoms with Crippen molar-refractivity contribution in [1.82, 2.24) is 24.7 Å². The maximum absolute atomic E-state index is 12.1. The van der Waals surface area contributed by atoms with Gasteiger partial charge in [-0.25, -0.2) is 14.1 Å². The number of amides is 1. The third-order valence-corrected chi connectivity index (χ3v) is 4.08. The lowest BCUT2D eigenvalue weighted by atomic mass is 10.1. The van der Waals surface area contributed by atoms with Gasteiger partial charge in [-0.15, -0.1) is 0 Å². The molecule has 0 aliphatic carbocycles. The third kappa shape index (κ3) is 4.92. The molecule has 0 radical (unpaired) electrons. The molecular weight excluding hydrogens is 374 g/mol. The number of nitrogens with zero attached hydrogens (tertiary/aromatic N) is 4. The third-order valence-electron chi connectivity index (χ3n) is 4.08. The molecule has 3 heterocycles. The van der Waals surface area contributed by atoms with Gasteiger partial charge in [-0.05, 0) is 52.8 Å². The van der Waals surface area contributed by atoms with Crippen molar-refractivity contribution in [1.29, 1.82) is 0 Å². The van der Waals surface area contributed by atoms with Crippen molar-refractivity contribution in [2.75, 3.05) is 0 Å². The van der Waals surface area contributed by atoms with E-state index in [1.165, 1.54) is 10.7 Å². The molecule has 3 aromatic heterocycles. The van der Waals surface area contributed by atoms with Gasteiger partial charge in [-0.1, -0.05) is 0 Å². The largest absolute Gasteiger partial charge is 0.478 e. The molecule has 0 fully saturated rings. The number of carboxylic acids is 1. The summed E-state index contributed by atoms with van der Waals surface area (Å²) in [5.41, 5.74) is 1.04. The Morgan fingerprint density at radius 3 is 2.55 bits per heavy atom. The zero-order chi connectivity index (χ0) is 21.4. The van der Waals surface area contributed by atoms with E-state index in [2.05, 4.69) is 15.5 Å². The minimum atomic E-state index is -1.02. The molecule has 0 saturated carbocycles. The zero-order valence-electron chi connectivity index (χ0n) is 17.1. The highest BCUT2D eigenvalue weighted by molar-refractivity contribution is 5.95. The fourth-order valence-electron chi connectivity index (χ4n) is 2.93. The summed E-state index contributed by atoms with van der Waals surface area (Å²) in [6, 6.07) is 5.37. The van der Waals surface area contributed by atoms with Gasteiger partial charge in [0.2, 0.25) is 0 Å². The number of rotatable bonds is 5. The molecule has 2 N–H and O–H groups in total. The van der Waals surface area contributed by atoms with Gasteiger partial charge in [0.05, 0.1) is 29.5 Å². The average Bonchev–Trinajstić information content (AvgIpc) is 3.17. The van der Waals surface area contributed by atoms with Crippen molar-refractivity contribution in [2.45, 2.75) is 52.3 Å². The first-order valence-corrected chi connectivity index (χ1v) is 9.19. The molecule has 0 aliphatic rings. The van der Waals surface area contributed by atoms with E-state index < -0.39 is 23.2 Å². The summed E-state index contributed by atoms with van der Waals surface area (Å²) in [5, 5.41) is 20.7. The molecule has 0 bridgehead atoms. The Balaban J connectivity index is 1.74. The highest BCUT2D eigenvalue weighted by Crippen LogP contribution is 2.20. The average molecular weight is 399 g/mol. The van der Waals surface area contributed by atoms with E-state index in [1.54, 1.807) is 23.0 Å². The van der Waals surface area contributed by atoms with Crippen LogP contribution >= 0.6 is 0 Å². The van der Waals surface area contributed by atoms with Crippen LogP contribution in [0.3, 0.4) is 0 Å². The van der Waals surface area contributed by atoms with Crippen molar-refractivity contribution in [3.05, 3.63) is 42.4 Å². The van der Waals surface area contributed by atoms with Gasteiger partial charge in [-0.3, -0.25) is 4.68 Å². The topological polar surface area (TPSA) is 111 Å². The zero-order valence-corrected chi connectivity index (χ0v) is 17.1. The maximum Gasteiger partial charge on any atom is 0.408 e. The summed E-state index contributed by atoms with van der Waals surface area (Å²) >= 11 is 0. The lowest BCUT2D eigenvalue weighted by Gasteiger charge is -2.28. The lowest BCUT2D eigenvalue weighted by Crippen LogP contribution is -2.48. The van der Waals surface area contributed by atoms with E-state index in [1.807, 2.05) is 46.9 Å². The number of fused-ring (bicyclic) bond motifs is 1. The molecule has 3 rings (SSSR count). The van der Waals surface area contributed by atoms with Gasteiger partial charge < -0.3 is 15.2 Å². The molecule has 9 nitrogen and oxygen atoms in total. The standard InChI is InChI=1S/C20H25N5O4/c1-19(2,3)29-18(28)22-20(4,5)12-24-9-8-15(23-24)13-6-7-16-14(17(26)27)10-21-25(16)11-13/h6-11H,12H2,1-5H3,(H,22,28)(H,26,27). The van der Waals surface area contributed by atoms with Crippen LogP contribution < -0.4 is 5.32 Å². The van der Waals surface area contributed by atoms with Gasteiger partial charge in [0.1, 0.15) is 11.2 Å². The minimum absolute atomic E-state index is 0.150. The molecule has 0 saturated heterocycles. The van der Waals surface area contributed by atoms with E-state index >= 15 is 0 Å². The minimum Gasteiger partial charge on any atom is -0.478 e. The SMILES string of the molecule is CC(C)(Cn1ccc(-c2ccc3c(C(=O)O)cnn3c2)n1)NC(=O)OC(C)(C)C. The van der Waals surface area contributed by atoms with E-state index in [0.29, 0.717) is 17.8 Å². The fraction of sp³-hybridized carbons (Fsp3) is 0.400. The van der Waals surface area contributed by atoms with Crippen molar-refractivity contribution in [3.63, 3.8) is 0 Å². The Morgan fingerprint density at radius 1 is 1.17 bits per heavy atom. The summed E-state index contributed by atoms with van der Waals surface area (Å²) in [5.74, 6) is -1.02. The van der Waals surface area contributed by atoms with Gasteiger partial charge in [0.25, 0.3) is 0 Å². The van der Waals surface area contributed by atoms with Gasteiger partial charge in [0.15, 0.2) is 0 Å². The Hall–Kier alpha value is -3.36. The van der Waals surface area contributed by atoms with Crippen LogP contribution in [-0.4, -0.2) is 47.7 Å². The fourth-order valence-corrected chi connectivity index (χ4v) is 2.93. The first-order valence-electron chi connectivity index (χ1n) is 9.19. The maximum atomic E-state index is 12.1. The molecule has 9 heteroatoms. The number of alkyl carbamates (subject to hydrolysis) is 1. The molecule has 29 heavy (non-hydrogen) atoms. The van der Waals surface area contributed by atoms with E-state index in [4.69, 9.17) is 4.74 Å². The molecule has 154 valence electrons. The summed E-state index contributed by atoms with van der Waals surface area (Å²) in [7, 11) is 0. The summed E-state index contributed by atoms with van der Waals surface area (Å²) in [4.78, 5) is 23.3. The number of pyridine rings is 1. The summed E-state index contributed by atoms with van der Waals surface area (Å²) in [6.07, 6.45) is 4.40. The highest BCUT2D eigenvalue weighted by atomic mass is 16.6. The van der Waals surface area contributed by atoms with Crippen LogP contribution in [0.15, 0.2) is 36.8 Å². The number of hydrogen-bond acceptors (Lipinski definition) is 5.